The minimum atomic E-state index is 0.150. The van der Waals surface area contributed by atoms with Crippen LogP contribution < -0.4 is 14.8 Å². The standard InChI is InChI=1S/C21H32N4O3/c1-2-22-21(26)15-24-7-3-4-18(14-24)25-10-8-23(9-11-25)13-17-5-6-19-20(12-17)28-16-27-19/h5-6,12,18H,2-4,7-11,13-16H2,1H3,(H,22,26)/t18-/m0/s1. The first-order valence-corrected chi connectivity index (χ1v) is 10.6. The zero-order valence-electron chi connectivity index (χ0n) is 16.9. The summed E-state index contributed by atoms with van der Waals surface area (Å²) < 4.78 is 10.9. The molecule has 1 N–H and O–H groups in total. The molecule has 0 radical (unpaired) electrons. The van der Waals surface area contributed by atoms with Gasteiger partial charge in [0.15, 0.2) is 11.5 Å². The van der Waals surface area contributed by atoms with Crippen molar-refractivity contribution in [2.45, 2.75) is 32.4 Å². The molecule has 7 nitrogen and oxygen atoms in total. The van der Waals surface area contributed by atoms with Crippen molar-refractivity contribution >= 4 is 5.91 Å². The number of rotatable bonds is 6. The quantitative estimate of drug-likeness (QED) is 0.789. The molecule has 1 aromatic rings. The molecule has 0 spiro atoms. The molecule has 3 heterocycles. The average Bonchev–Trinajstić information content (AvgIpc) is 3.17. The van der Waals surface area contributed by atoms with E-state index < -0.39 is 0 Å². The number of piperidine rings is 1. The van der Waals surface area contributed by atoms with Crippen molar-refractivity contribution in [1.82, 2.24) is 20.0 Å². The Hall–Kier alpha value is -1.83. The highest BCUT2D eigenvalue weighted by molar-refractivity contribution is 5.77. The number of piperazine rings is 1. The fourth-order valence-corrected chi connectivity index (χ4v) is 4.51. The van der Waals surface area contributed by atoms with Crippen LogP contribution in [0.2, 0.25) is 0 Å². The van der Waals surface area contributed by atoms with Gasteiger partial charge in [-0.05, 0) is 44.0 Å². The van der Waals surface area contributed by atoms with Crippen LogP contribution >= 0.6 is 0 Å². The molecular formula is C21H32N4O3. The fourth-order valence-electron chi connectivity index (χ4n) is 4.51. The molecule has 2 saturated heterocycles. The molecule has 0 aliphatic carbocycles. The minimum absolute atomic E-state index is 0.150. The van der Waals surface area contributed by atoms with Crippen molar-refractivity contribution in [1.29, 1.82) is 0 Å². The zero-order chi connectivity index (χ0) is 19.3. The van der Waals surface area contributed by atoms with E-state index in [1.54, 1.807) is 0 Å². The molecule has 0 aromatic heterocycles. The monoisotopic (exact) mass is 388 g/mol. The highest BCUT2D eigenvalue weighted by Crippen LogP contribution is 2.33. The highest BCUT2D eigenvalue weighted by atomic mass is 16.7. The molecule has 1 amide bonds. The van der Waals surface area contributed by atoms with Crippen LogP contribution in [0.15, 0.2) is 18.2 Å². The van der Waals surface area contributed by atoms with Crippen LogP contribution in [0.1, 0.15) is 25.3 Å². The SMILES string of the molecule is CCNC(=O)CN1CCC[C@H](N2CCN(Cc3ccc4c(c3)OCO4)CC2)C1. The number of carbonyl (C=O) groups is 1. The lowest BCUT2D eigenvalue weighted by molar-refractivity contribution is -0.122. The number of nitrogens with one attached hydrogen (secondary N) is 1. The van der Waals surface area contributed by atoms with Gasteiger partial charge in [-0.15, -0.1) is 0 Å². The summed E-state index contributed by atoms with van der Waals surface area (Å²) in [4.78, 5) is 19.4. The summed E-state index contributed by atoms with van der Waals surface area (Å²) in [5.41, 5.74) is 1.28. The normalized spacial score (nSPS) is 23.7. The largest absolute Gasteiger partial charge is 0.454 e. The molecule has 3 aliphatic heterocycles. The molecule has 7 heteroatoms. The minimum Gasteiger partial charge on any atom is -0.454 e. The smallest absolute Gasteiger partial charge is 0.234 e. The van der Waals surface area contributed by atoms with E-state index in [4.69, 9.17) is 9.47 Å². The molecular weight excluding hydrogens is 356 g/mol. The number of likely N-dealkylation sites (tertiary alicyclic amines) is 1. The van der Waals surface area contributed by atoms with Crippen molar-refractivity contribution in [2.75, 3.05) is 59.2 Å². The second kappa shape index (κ2) is 9.11. The third-order valence-electron chi connectivity index (χ3n) is 5.99. The Labute approximate surface area is 167 Å². The van der Waals surface area contributed by atoms with Crippen LogP contribution in [0.3, 0.4) is 0 Å². The van der Waals surface area contributed by atoms with Crippen LogP contribution in [0.25, 0.3) is 0 Å². The van der Waals surface area contributed by atoms with Crippen LogP contribution in [0, 0.1) is 0 Å². The summed E-state index contributed by atoms with van der Waals surface area (Å²) in [6.07, 6.45) is 2.43. The number of hydrogen-bond acceptors (Lipinski definition) is 6. The maximum Gasteiger partial charge on any atom is 0.234 e. The Kier molecular flexibility index (Phi) is 6.34. The number of benzene rings is 1. The number of likely N-dealkylation sites (N-methyl/N-ethyl adjacent to an activating group) is 1. The van der Waals surface area contributed by atoms with Crippen molar-refractivity contribution in [3.63, 3.8) is 0 Å². The first-order valence-electron chi connectivity index (χ1n) is 10.6. The van der Waals surface area contributed by atoms with E-state index in [9.17, 15) is 4.79 Å². The Morgan fingerprint density at radius 2 is 1.93 bits per heavy atom. The lowest BCUT2D eigenvalue weighted by Crippen LogP contribution is -2.55. The molecule has 0 bridgehead atoms. The number of ether oxygens (including phenoxy) is 2. The first-order chi connectivity index (χ1) is 13.7. The molecule has 1 atom stereocenters. The summed E-state index contributed by atoms with van der Waals surface area (Å²) in [5.74, 6) is 1.87. The molecule has 0 saturated carbocycles. The third kappa shape index (κ3) is 4.77. The van der Waals surface area contributed by atoms with E-state index in [1.165, 1.54) is 18.4 Å². The second-order valence-corrected chi connectivity index (χ2v) is 7.98. The van der Waals surface area contributed by atoms with Crippen molar-refractivity contribution in [3.8, 4) is 11.5 Å². The number of carbonyl (C=O) groups excluding carboxylic acids is 1. The van der Waals surface area contributed by atoms with Gasteiger partial charge in [0.05, 0.1) is 6.54 Å². The lowest BCUT2D eigenvalue weighted by atomic mass is 10.0. The van der Waals surface area contributed by atoms with Crippen LogP contribution in [-0.2, 0) is 11.3 Å². The molecule has 1 aromatic carbocycles. The summed E-state index contributed by atoms with van der Waals surface area (Å²) in [5, 5.41) is 2.91. The molecule has 2 fully saturated rings. The van der Waals surface area contributed by atoms with Gasteiger partial charge < -0.3 is 14.8 Å². The second-order valence-electron chi connectivity index (χ2n) is 7.98. The lowest BCUT2D eigenvalue weighted by Gasteiger charge is -2.43. The Morgan fingerprint density at radius 1 is 1.11 bits per heavy atom. The number of nitrogens with zero attached hydrogens (tertiary/aromatic N) is 3. The van der Waals surface area contributed by atoms with Gasteiger partial charge in [0.25, 0.3) is 0 Å². The number of amides is 1. The molecule has 28 heavy (non-hydrogen) atoms. The average molecular weight is 389 g/mol. The summed E-state index contributed by atoms with van der Waals surface area (Å²) >= 11 is 0. The number of hydrogen-bond donors (Lipinski definition) is 1. The van der Waals surface area contributed by atoms with Gasteiger partial charge in [-0.1, -0.05) is 6.07 Å². The van der Waals surface area contributed by atoms with Crippen LogP contribution in [0.4, 0.5) is 0 Å². The summed E-state index contributed by atoms with van der Waals surface area (Å²) in [7, 11) is 0. The third-order valence-corrected chi connectivity index (χ3v) is 5.99. The Morgan fingerprint density at radius 3 is 2.75 bits per heavy atom. The van der Waals surface area contributed by atoms with Gasteiger partial charge in [-0.25, -0.2) is 0 Å². The van der Waals surface area contributed by atoms with E-state index in [1.807, 2.05) is 13.0 Å². The first kappa shape index (κ1) is 19.5. The van der Waals surface area contributed by atoms with Crippen molar-refractivity contribution in [3.05, 3.63) is 23.8 Å². The van der Waals surface area contributed by atoms with Gasteiger partial charge in [0.2, 0.25) is 12.7 Å². The summed E-state index contributed by atoms with van der Waals surface area (Å²) in [6, 6.07) is 6.84. The fraction of sp³-hybridized carbons (Fsp3) is 0.667. The predicted molar refractivity (Wildman–Crippen MR) is 108 cm³/mol. The van der Waals surface area contributed by atoms with Gasteiger partial charge in [-0.3, -0.25) is 19.5 Å². The van der Waals surface area contributed by atoms with Gasteiger partial charge in [-0.2, -0.15) is 0 Å². The summed E-state index contributed by atoms with van der Waals surface area (Å²) in [6.45, 7) is 10.9. The molecule has 3 aliphatic rings. The predicted octanol–water partition coefficient (Wildman–Crippen LogP) is 1.13. The van der Waals surface area contributed by atoms with Gasteiger partial charge in [0, 0.05) is 51.9 Å². The van der Waals surface area contributed by atoms with Crippen molar-refractivity contribution < 1.29 is 14.3 Å². The maximum atomic E-state index is 11.9. The van der Waals surface area contributed by atoms with E-state index in [0.29, 0.717) is 25.9 Å². The van der Waals surface area contributed by atoms with Crippen molar-refractivity contribution in [2.24, 2.45) is 0 Å². The van der Waals surface area contributed by atoms with E-state index in [2.05, 4.69) is 32.1 Å². The maximum absolute atomic E-state index is 11.9. The molecule has 0 unspecified atom stereocenters. The number of fused-ring (bicyclic) bond motifs is 1. The van der Waals surface area contributed by atoms with Gasteiger partial charge >= 0.3 is 0 Å². The van der Waals surface area contributed by atoms with E-state index in [-0.39, 0.29) is 5.91 Å². The Balaban J connectivity index is 1.24. The van der Waals surface area contributed by atoms with Crippen LogP contribution in [0.5, 0.6) is 11.5 Å². The van der Waals surface area contributed by atoms with E-state index >= 15 is 0 Å². The van der Waals surface area contributed by atoms with Crippen LogP contribution in [-0.4, -0.2) is 85.8 Å². The molecule has 154 valence electrons. The molecule has 4 rings (SSSR count). The Bertz CT molecular complexity index is 676. The van der Waals surface area contributed by atoms with Gasteiger partial charge in [0.1, 0.15) is 0 Å². The topological polar surface area (TPSA) is 57.3 Å². The highest BCUT2D eigenvalue weighted by Gasteiger charge is 2.28. The zero-order valence-corrected chi connectivity index (χ0v) is 16.9. The van der Waals surface area contributed by atoms with E-state index in [0.717, 1.165) is 57.3 Å².